The van der Waals surface area contributed by atoms with Gasteiger partial charge in [0, 0.05) is 12.0 Å². The fraction of sp³-hybridized carbons (Fsp3) is 0.500. The third-order valence-electron chi connectivity index (χ3n) is 4.74. The summed E-state index contributed by atoms with van der Waals surface area (Å²) in [4.78, 5) is 14.7. The smallest absolute Gasteiger partial charge is 0.228 e. The predicted molar refractivity (Wildman–Crippen MR) is 104 cm³/mol. The Morgan fingerprint density at radius 3 is 2.58 bits per heavy atom. The first kappa shape index (κ1) is 20.0. The van der Waals surface area contributed by atoms with E-state index in [0.717, 1.165) is 31.8 Å². The van der Waals surface area contributed by atoms with Gasteiger partial charge in [-0.1, -0.05) is 13.3 Å². The van der Waals surface area contributed by atoms with Gasteiger partial charge in [-0.05, 0) is 68.7 Å². The summed E-state index contributed by atoms with van der Waals surface area (Å²) in [7, 11) is 1.60. The molecule has 0 saturated carbocycles. The van der Waals surface area contributed by atoms with Crippen LogP contribution in [0.25, 0.3) is 0 Å². The first-order valence-corrected chi connectivity index (χ1v) is 9.23. The molecule has 1 saturated heterocycles. The normalized spacial score (nSPS) is 16.8. The third-order valence-corrected chi connectivity index (χ3v) is 4.74. The van der Waals surface area contributed by atoms with Crippen molar-refractivity contribution in [2.75, 3.05) is 26.7 Å². The Morgan fingerprint density at radius 2 is 1.96 bits per heavy atom. The zero-order valence-corrected chi connectivity index (χ0v) is 15.8. The fourth-order valence-electron chi connectivity index (χ4n) is 3.00. The van der Waals surface area contributed by atoms with Crippen molar-refractivity contribution in [3.8, 4) is 5.75 Å². The summed E-state index contributed by atoms with van der Waals surface area (Å²) in [5, 5.41) is 10.8. The first-order valence-electron chi connectivity index (χ1n) is 9.23. The summed E-state index contributed by atoms with van der Waals surface area (Å²) < 4.78 is 5.10. The first-order chi connectivity index (χ1) is 12.5. The molecule has 142 valence electrons. The molecular weight excluding hydrogens is 328 g/mol. The van der Waals surface area contributed by atoms with Gasteiger partial charge in [-0.25, -0.2) is 0 Å². The van der Waals surface area contributed by atoms with Crippen LogP contribution in [0.15, 0.2) is 36.2 Å². The number of hydrogen-bond donors (Lipinski definition) is 3. The van der Waals surface area contributed by atoms with E-state index in [2.05, 4.69) is 10.2 Å². The van der Waals surface area contributed by atoms with E-state index in [-0.39, 0.29) is 23.4 Å². The molecule has 0 aliphatic carbocycles. The number of benzene rings is 1. The van der Waals surface area contributed by atoms with Crippen molar-refractivity contribution in [3.63, 3.8) is 0 Å². The summed E-state index contributed by atoms with van der Waals surface area (Å²) in [6.45, 7) is 5.13. The number of nitrogens with two attached hydrogens (primary N) is 1. The van der Waals surface area contributed by atoms with Crippen LogP contribution in [0.1, 0.15) is 38.2 Å². The second-order valence-electron chi connectivity index (χ2n) is 6.82. The highest BCUT2D eigenvalue weighted by atomic mass is 16.5. The third kappa shape index (κ3) is 6.19. The largest absolute Gasteiger partial charge is 0.497 e. The molecule has 1 aliphatic rings. The number of carbonyl (C=O) groups is 1. The molecule has 1 fully saturated rings. The Kier molecular flexibility index (Phi) is 7.66. The van der Waals surface area contributed by atoms with E-state index in [0.29, 0.717) is 5.56 Å². The molecule has 0 bridgehead atoms. The number of rotatable bonds is 8. The molecule has 0 aromatic heterocycles. The molecule has 2 rings (SSSR count). The van der Waals surface area contributed by atoms with Crippen LogP contribution in [0.4, 0.5) is 0 Å². The molecule has 1 aromatic rings. The fourth-order valence-corrected chi connectivity index (χ4v) is 3.00. The van der Waals surface area contributed by atoms with Crippen molar-refractivity contribution >= 4 is 11.6 Å². The maximum atomic E-state index is 12.3. The van der Waals surface area contributed by atoms with Gasteiger partial charge in [0.25, 0.3) is 0 Å². The number of likely N-dealkylation sites (tertiary alicyclic amines) is 1. The van der Waals surface area contributed by atoms with Crippen molar-refractivity contribution in [1.82, 2.24) is 10.2 Å². The van der Waals surface area contributed by atoms with Crippen molar-refractivity contribution in [1.29, 1.82) is 5.41 Å². The molecule has 0 spiro atoms. The van der Waals surface area contributed by atoms with Crippen molar-refractivity contribution in [2.24, 2.45) is 11.7 Å². The number of nitrogens with zero attached hydrogens (tertiary/aromatic N) is 1. The number of piperidine rings is 1. The highest BCUT2D eigenvalue weighted by molar-refractivity contribution is 6.07. The summed E-state index contributed by atoms with van der Waals surface area (Å²) in [5.41, 5.74) is 6.85. The lowest BCUT2D eigenvalue weighted by Crippen LogP contribution is -2.36. The van der Waals surface area contributed by atoms with E-state index in [1.807, 2.05) is 6.92 Å². The monoisotopic (exact) mass is 358 g/mol. The molecule has 6 heteroatoms. The molecule has 1 heterocycles. The number of allylic oxidation sites excluding steroid dienone is 1. The van der Waals surface area contributed by atoms with Gasteiger partial charge in [-0.3, -0.25) is 4.79 Å². The summed E-state index contributed by atoms with van der Waals surface area (Å²) in [5.74, 6) is 0.715. The van der Waals surface area contributed by atoms with Crippen LogP contribution < -0.4 is 15.8 Å². The van der Waals surface area contributed by atoms with Gasteiger partial charge in [0.15, 0.2) is 0 Å². The second kappa shape index (κ2) is 9.97. The van der Waals surface area contributed by atoms with Crippen LogP contribution in [0.3, 0.4) is 0 Å². The summed E-state index contributed by atoms with van der Waals surface area (Å²) in [6, 6.07) is 7.15. The number of hydrogen-bond acceptors (Lipinski definition) is 5. The van der Waals surface area contributed by atoms with Crippen molar-refractivity contribution in [3.05, 3.63) is 41.7 Å². The minimum atomic E-state index is -0.112. The highest BCUT2D eigenvalue weighted by Gasteiger charge is 2.16. The van der Waals surface area contributed by atoms with Gasteiger partial charge in [0.1, 0.15) is 11.6 Å². The number of nitrogens with one attached hydrogen (secondary N) is 2. The van der Waals surface area contributed by atoms with Gasteiger partial charge >= 0.3 is 0 Å². The van der Waals surface area contributed by atoms with E-state index in [1.54, 1.807) is 31.4 Å². The van der Waals surface area contributed by atoms with Crippen LogP contribution in [0, 0.1) is 11.3 Å². The Labute approximate surface area is 155 Å². The van der Waals surface area contributed by atoms with Crippen LogP contribution in [-0.4, -0.2) is 43.3 Å². The number of amides is 1. The lowest BCUT2D eigenvalue weighted by Gasteiger charge is -2.27. The SMILES string of the molecule is COc1ccc(C(=N)/C=C(\N)NC(=O)C(C)CCN2CCCCC2)cc1. The Hall–Kier alpha value is -2.34. The van der Waals surface area contributed by atoms with Crippen LogP contribution >= 0.6 is 0 Å². The molecule has 26 heavy (non-hydrogen) atoms. The highest BCUT2D eigenvalue weighted by Crippen LogP contribution is 2.13. The lowest BCUT2D eigenvalue weighted by atomic mass is 10.1. The van der Waals surface area contributed by atoms with E-state index < -0.39 is 0 Å². The number of ether oxygens (including phenoxy) is 1. The van der Waals surface area contributed by atoms with Gasteiger partial charge < -0.3 is 26.1 Å². The zero-order chi connectivity index (χ0) is 18.9. The lowest BCUT2D eigenvalue weighted by molar-refractivity contribution is -0.124. The standard InChI is InChI=1S/C20H30N4O2/c1-15(10-13-24-11-4-3-5-12-24)20(25)23-19(22)14-18(21)16-6-8-17(26-2)9-7-16/h6-9,14-15,21H,3-5,10-13,22H2,1-2H3,(H,23,25)/b19-14+,21-18?. The number of methoxy groups -OCH3 is 1. The zero-order valence-electron chi connectivity index (χ0n) is 15.8. The van der Waals surface area contributed by atoms with Gasteiger partial charge in [-0.2, -0.15) is 0 Å². The Balaban J connectivity index is 1.81. The van der Waals surface area contributed by atoms with Crippen molar-refractivity contribution < 1.29 is 9.53 Å². The molecule has 6 nitrogen and oxygen atoms in total. The van der Waals surface area contributed by atoms with Crippen molar-refractivity contribution in [2.45, 2.75) is 32.6 Å². The second-order valence-corrected chi connectivity index (χ2v) is 6.82. The van der Waals surface area contributed by atoms with Crippen LogP contribution in [0.2, 0.25) is 0 Å². The Morgan fingerprint density at radius 1 is 1.31 bits per heavy atom. The molecule has 0 radical (unpaired) electrons. The molecule has 4 N–H and O–H groups in total. The maximum Gasteiger partial charge on any atom is 0.228 e. The molecule has 1 unspecified atom stereocenters. The van der Waals surface area contributed by atoms with E-state index in [1.165, 1.54) is 25.3 Å². The van der Waals surface area contributed by atoms with Gasteiger partial charge in [0.05, 0.1) is 12.8 Å². The van der Waals surface area contributed by atoms with Crippen LogP contribution in [-0.2, 0) is 4.79 Å². The molecule has 1 aromatic carbocycles. The van der Waals surface area contributed by atoms with Gasteiger partial charge in [0.2, 0.25) is 5.91 Å². The minimum Gasteiger partial charge on any atom is -0.497 e. The average Bonchev–Trinajstić information content (AvgIpc) is 2.66. The maximum absolute atomic E-state index is 12.3. The molecule has 1 atom stereocenters. The predicted octanol–water partition coefficient (Wildman–Crippen LogP) is 2.49. The minimum absolute atomic E-state index is 0.0988. The summed E-state index contributed by atoms with van der Waals surface area (Å²) in [6.07, 6.45) is 6.10. The quantitative estimate of drug-likeness (QED) is 0.623. The van der Waals surface area contributed by atoms with Gasteiger partial charge in [-0.15, -0.1) is 0 Å². The topological polar surface area (TPSA) is 91.4 Å². The van der Waals surface area contributed by atoms with E-state index >= 15 is 0 Å². The van der Waals surface area contributed by atoms with Crippen LogP contribution in [0.5, 0.6) is 5.75 Å². The van der Waals surface area contributed by atoms with E-state index in [4.69, 9.17) is 15.9 Å². The molecule has 1 aliphatic heterocycles. The molecule has 1 amide bonds. The Bertz CT molecular complexity index is 634. The van der Waals surface area contributed by atoms with E-state index in [9.17, 15) is 4.79 Å². The number of carbonyl (C=O) groups excluding carboxylic acids is 1. The molecular formula is C20H30N4O2. The average molecular weight is 358 g/mol. The summed E-state index contributed by atoms with van der Waals surface area (Å²) >= 11 is 0.